The second kappa shape index (κ2) is 11.6. The number of phenols is 1. The number of rotatable bonds is 6. The van der Waals surface area contributed by atoms with Crippen LogP contribution in [0.4, 0.5) is 0 Å². The van der Waals surface area contributed by atoms with E-state index in [0.29, 0.717) is 31.2 Å². The van der Waals surface area contributed by atoms with Crippen molar-refractivity contribution in [1.82, 2.24) is 20.9 Å². The summed E-state index contributed by atoms with van der Waals surface area (Å²) in [5, 5.41) is 19.5. The molecule has 2 heterocycles. The molecule has 1 amide bonds. The zero-order valence-corrected chi connectivity index (χ0v) is 19.7. The van der Waals surface area contributed by atoms with Gasteiger partial charge in [-0.3, -0.25) is 9.79 Å². The Labute approximate surface area is 190 Å². The van der Waals surface area contributed by atoms with E-state index in [2.05, 4.69) is 39.8 Å². The van der Waals surface area contributed by atoms with Crippen molar-refractivity contribution in [3.05, 3.63) is 29.8 Å². The summed E-state index contributed by atoms with van der Waals surface area (Å²) in [5.41, 5.74) is 0.286. The van der Waals surface area contributed by atoms with Crippen molar-refractivity contribution < 1.29 is 9.90 Å². The Bertz CT molecular complexity index is 685. The van der Waals surface area contributed by atoms with Gasteiger partial charge in [-0.05, 0) is 51.8 Å². The van der Waals surface area contributed by atoms with Crippen LogP contribution in [-0.4, -0.2) is 66.7 Å². The highest BCUT2D eigenvalue weighted by Crippen LogP contribution is 2.32. The van der Waals surface area contributed by atoms with Crippen molar-refractivity contribution in [2.24, 2.45) is 4.99 Å². The number of aliphatic imine (C=N–C) groups is 1. The van der Waals surface area contributed by atoms with Gasteiger partial charge in [0.1, 0.15) is 5.75 Å². The number of aromatic hydroxyl groups is 1. The monoisotopic (exact) mass is 515 g/mol. The van der Waals surface area contributed by atoms with E-state index in [4.69, 9.17) is 0 Å². The van der Waals surface area contributed by atoms with Gasteiger partial charge in [0.05, 0.1) is 12.1 Å². The fraction of sp³-hybridized carbons (Fsp3) is 0.619. The fourth-order valence-electron chi connectivity index (χ4n) is 4.35. The van der Waals surface area contributed by atoms with Crippen LogP contribution >= 0.6 is 24.0 Å². The van der Waals surface area contributed by atoms with E-state index in [1.807, 2.05) is 0 Å². The van der Waals surface area contributed by atoms with Gasteiger partial charge in [0.2, 0.25) is 0 Å². The molecular weight excluding hydrogens is 481 g/mol. The van der Waals surface area contributed by atoms with Crippen LogP contribution in [0.5, 0.6) is 5.75 Å². The molecule has 0 aliphatic carbocycles. The van der Waals surface area contributed by atoms with Crippen molar-refractivity contribution >= 4 is 35.8 Å². The summed E-state index contributed by atoms with van der Waals surface area (Å²) in [6.45, 7) is 3.76. The van der Waals surface area contributed by atoms with E-state index in [1.54, 1.807) is 18.2 Å². The number of hydrogen-bond donors (Lipinski definition) is 4. The van der Waals surface area contributed by atoms with Crippen LogP contribution in [0.2, 0.25) is 0 Å². The highest BCUT2D eigenvalue weighted by atomic mass is 127. The number of carbonyl (C=O) groups is 1. The maximum atomic E-state index is 12.1. The molecule has 0 saturated carbocycles. The molecule has 0 aromatic heterocycles. The minimum atomic E-state index is -0.283. The number of para-hydroxylation sites is 1. The van der Waals surface area contributed by atoms with E-state index >= 15 is 0 Å². The second-order valence-corrected chi connectivity index (χ2v) is 7.75. The Morgan fingerprint density at radius 3 is 2.55 bits per heavy atom. The quantitative estimate of drug-likeness (QED) is 0.202. The summed E-state index contributed by atoms with van der Waals surface area (Å²) in [4.78, 5) is 19.3. The molecule has 4 N–H and O–H groups in total. The number of fused-ring (bicyclic) bond motifs is 2. The highest BCUT2D eigenvalue weighted by molar-refractivity contribution is 14.0. The molecule has 1 aromatic rings. The lowest BCUT2D eigenvalue weighted by Gasteiger charge is -2.47. The van der Waals surface area contributed by atoms with E-state index < -0.39 is 0 Å². The lowest BCUT2D eigenvalue weighted by molar-refractivity contribution is 0.0526. The van der Waals surface area contributed by atoms with Gasteiger partial charge in [-0.2, -0.15) is 0 Å². The summed E-state index contributed by atoms with van der Waals surface area (Å²) in [5.74, 6) is 0.521. The Kier molecular flexibility index (Phi) is 9.48. The first-order valence-electron chi connectivity index (χ1n) is 10.4. The number of amides is 1. The largest absolute Gasteiger partial charge is 0.507 e. The Morgan fingerprint density at radius 1 is 1.21 bits per heavy atom. The van der Waals surface area contributed by atoms with Gasteiger partial charge in [-0.1, -0.05) is 18.6 Å². The molecule has 0 spiro atoms. The lowest BCUT2D eigenvalue weighted by atomic mass is 9.82. The first-order chi connectivity index (χ1) is 13.6. The average Bonchev–Trinajstić information content (AvgIpc) is 2.66. The number of nitrogens with one attached hydrogen (secondary N) is 3. The predicted molar refractivity (Wildman–Crippen MR) is 127 cm³/mol. The minimum Gasteiger partial charge on any atom is -0.507 e. The summed E-state index contributed by atoms with van der Waals surface area (Å²) in [7, 11) is 2.26. The molecule has 7 nitrogen and oxygen atoms in total. The van der Waals surface area contributed by atoms with Crippen LogP contribution in [0.15, 0.2) is 29.3 Å². The molecule has 162 valence electrons. The van der Waals surface area contributed by atoms with Crippen molar-refractivity contribution in [1.29, 1.82) is 0 Å². The third kappa shape index (κ3) is 6.47. The van der Waals surface area contributed by atoms with Crippen LogP contribution in [0.3, 0.4) is 0 Å². The summed E-state index contributed by atoms with van der Waals surface area (Å²) in [6.07, 6.45) is 6.23. The third-order valence-electron chi connectivity index (χ3n) is 5.84. The standard InChI is InChI=1S/C21H33N5O2.HI/c1-3-22-21(25-15-13-16-7-6-8-17(14-15)26(16)2)24-12-11-23-20(28)18-9-4-5-10-19(18)27;/h4-5,9-10,15-17,27H,3,6-8,11-14H2,1-2H3,(H,23,28)(H2,22,24,25);1H. The zero-order valence-electron chi connectivity index (χ0n) is 17.4. The van der Waals surface area contributed by atoms with E-state index in [1.165, 1.54) is 25.3 Å². The van der Waals surface area contributed by atoms with Crippen molar-refractivity contribution in [2.45, 2.75) is 57.2 Å². The molecule has 3 rings (SSSR count). The molecule has 2 fully saturated rings. The second-order valence-electron chi connectivity index (χ2n) is 7.75. The first kappa shape index (κ1) is 23.7. The number of nitrogens with zero attached hydrogens (tertiary/aromatic N) is 2. The van der Waals surface area contributed by atoms with Gasteiger partial charge < -0.3 is 26.0 Å². The molecule has 0 radical (unpaired) electrons. The Morgan fingerprint density at radius 2 is 1.90 bits per heavy atom. The number of piperidine rings is 2. The number of guanidine groups is 1. The number of benzene rings is 1. The first-order valence-corrected chi connectivity index (χ1v) is 10.4. The molecular formula is C21H34IN5O2. The van der Waals surface area contributed by atoms with Crippen LogP contribution < -0.4 is 16.0 Å². The van der Waals surface area contributed by atoms with Gasteiger partial charge in [0, 0.05) is 31.2 Å². The summed E-state index contributed by atoms with van der Waals surface area (Å²) < 4.78 is 0. The molecule has 2 atom stereocenters. The highest BCUT2D eigenvalue weighted by Gasteiger charge is 2.36. The third-order valence-corrected chi connectivity index (χ3v) is 5.84. The smallest absolute Gasteiger partial charge is 0.255 e. The van der Waals surface area contributed by atoms with Crippen LogP contribution in [-0.2, 0) is 0 Å². The number of hydrogen-bond acceptors (Lipinski definition) is 4. The molecule has 2 saturated heterocycles. The summed E-state index contributed by atoms with van der Waals surface area (Å²) >= 11 is 0. The predicted octanol–water partition coefficient (Wildman–Crippen LogP) is 2.31. The maximum Gasteiger partial charge on any atom is 0.255 e. The Hall–Kier alpha value is -1.55. The van der Waals surface area contributed by atoms with Gasteiger partial charge in [-0.25, -0.2) is 0 Å². The van der Waals surface area contributed by atoms with E-state index in [0.717, 1.165) is 25.3 Å². The lowest BCUT2D eigenvalue weighted by Crippen LogP contribution is -2.56. The molecule has 2 unspecified atom stereocenters. The minimum absolute atomic E-state index is 0. The molecule has 29 heavy (non-hydrogen) atoms. The van der Waals surface area contributed by atoms with E-state index in [9.17, 15) is 9.90 Å². The molecule has 2 bridgehead atoms. The summed E-state index contributed by atoms with van der Waals surface area (Å²) in [6, 6.07) is 8.34. The molecule has 8 heteroatoms. The van der Waals surface area contributed by atoms with Gasteiger partial charge >= 0.3 is 0 Å². The van der Waals surface area contributed by atoms with Crippen molar-refractivity contribution in [2.75, 3.05) is 26.7 Å². The molecule has 2 aliphatic rings. The van der Waals surface area contributed by atoms with Crippen molar-refractivity contribution in [3.8, 4) is 5.75 Å². The van der Waals surface area contributed by atoms with Gasteiger partial charge in [0.15, 0.2) is 5.96 Å². The van der Waals surface area contributed by atoms with Crippen LogP contribution in [0, 0.1) is 0 Å². The fourth-order valence-corrected chi connectivity index (χ4v) is 4.35. The average molecular weight is 515 g/mol. The van der Waals surface area contributed by atoms with Crippen LogP contribution in [0.1, 0.15) is 49.4 Å². The van der Waals surface area contributed by atoms with Gasteiger partial charge in [0.25, 0.3) is 5.91 Å². The maximum absolute atomic E-state index is 12.1. The zero-order chi connectivity index (χ0) is 19.9. The SMILES string of the molecule is CCNC(=NCCNC(=O)c1ccccc1O)NC1CC2CCCC(C1)N2C.I. The molecule has 1 aromatic carbocycles. The molecule has 2 aliphatic heterocycles. The van der Waals surface area contributed by atoms with E-state index in [-0.39, 0.29) is 41.2 Å². The topological polar surface area (TPSA) is 89.0 Å². The van der Waals surface area contributed by atoms with Crippen molar-refractivity contribution in [3.63, 3.8) is 0 Å². The number of phenolic OH excluding ortho intramolecular Hbond substituents is 1. The number of carbonyl (C=O) groups excluding carboxylic acids is 1. The van der Waals surface area contributed by atoms with Crippen LogP contribution in [0.25, 0.3) is 0 Å². The normalized spacial score (nSPS) is 24.3. The Balaban J connectivity index is 0.00000300. The van der Waals surface area contributed by atoms with Gasteiger partial charge in [-0.15, -0.1) is 24.0 Å². The number of halogens is 1.